The van der Waals surface area contributed by atoms with Crippen LogP contribution in [0.25, 0.3) is 11.1 Å². The van der Waals surface area contributed by atoms with E-state index in [1.807, 2.05) is 0 Å². The quantitative estimate of drug-likeness (QED) is 0.305. The fourth-order valence-electron chi connectivity index (χ4n) is 2.46. The number of rotatable bonds is 5. The Hall–Kier alpha value is -4.27. The molecule has 0 saturated heterocycles. The Morgan fingerprint density at radius 1 is 0.821 bits per heavy atom. The molecule has 3 rings (SSSR count). The van der Waals surface area contributed by atoms with Crippen LogP contribution in [-0.2, 0) is 0 Å². The summed E-state index contributed by atoms with van der Waals surface area (Å²) in [6, 6.07) is 15.5. The lowest BCUT2D eigenvalue weighted by Gasteiger charge is -2.06. The summed E-state index contributed by atoms with van der Waals surface area (Å²) < 4.78 is 5.05. The van der Waals surface area contributed by atoms with E-state index < -0.39 is 27.2 Å². The number of phenols is 1. The molecule has 0 spiro atoms. The van der Waals surface area contributed by atoms with Crippen molar-refractivity contribution >= 4 is 17.3 Å². The number of esters is 1. The van der Waals surface area contributed by atoms with Crippen molar-refractivity contribution in [3.63, 3.8) is 0 Å². The number of phenolic OH excluding ortho intramolecular Hbond substituents is 1. The number of non-ortho nitro benzene ring substituents is 1. The smallest absolute Gasteiger partial charge is 0.343 e. The fourth-order valence-corrected chi connectivity index (χ4v) is 2.46. The van der Waals surface area contributed by atoms with Crippen LogP contribution in [0.2, 0.25) is 0 Å². The van der Waals surface area contributed by atoms with Gasteiger partial charge in [0.15, 0.2) is 0 Å². The molecule has 0 bridgehead atoms. The number of carbonyl (C=O) groups excluding carboxylic acids is 1. The molecule has 0 unspecified atom stereocenters. The molecule has 28 heavy (non-hydrogen) atoms. The number of nitrogens with zero attached hydrogens (tertiary/aromatic N) is 2. The summed E-state index contributed by atoms with van der Waals surface area (Å²) in [5.41, 5.74) is 0.602. The van der Waals surface area contributed by atoms with Crippen molar-refractivity contribution in [3.05, 3.63) is 92.5 Å². The van der Waals surface area contributed by atoms with E-state index in [9.17, 15) is 30.1 Å². The molecule has 0 aromatic heterocycles. The van der Waals surface area contributed by atoms with Gasteiger partial charge in [-0.25, -0.2) is 4.79 Å². The van der Waals surface area contributed by atoms with Crippen LogP contribution in [0.15, 0.2) is 66.7 Å². The van der Waals surface area contributed by atoms with Crippen LogP contribution >= 0.6 is 0 Å². The van der Waals surface area contributed by atoms with Gasteiger partial charge in [0, 0.05) is 6.07 Å². The molecule has 0 saturated carbocycles. The first kappa shape index (κ1) is 18.5. The molecule has 0 aliphatic carbocycles. The highest BCUT2D eigenvalue weighted by molar-refractivity contribution is 5.92. The van der Waals surface area contributed by atoms with Gasteiger partial charge in [-0.2, -0.15) is 0 Å². The molecular formula is C19H12N2O7. The predicted octanol–water partition coefficient (Wildman–Crippen LogP) is 4.09. The molecule has 0 heterocycles. The Kier molecular flexibility index (Phi) is 4.99. The highest BCUT2D eigenvalue weighted by atomic mass is 16.6. The zero-order valence-corrected chi connectivity index (χ0v) is 14.1. The lowest BCUT2D eigenvalue weighted by molar-refractivity contribution is -0.394. The Labute approximate surface area is 157 Å². The minimum atomic E-state index is -0.858. The van der Waals surface area contributed by atoms with Gasteiger partial charge in [0.2, 0.25) is 5.75 Å². The Bertz CT molecular complexity index is 1060. The summed E-state index contributed by atoms with van der Waals surface area (Å²) in [7, 11) is 0. The molecule has 0 aliphatic rings. The summed E-state index contributed by atoms with van der Waals surface area (Å²) in [5.74, 6) is -1.09. The number of carbonyl (C=O) groups is 1. The van der Waals surface area contributed by atoms with E-state index in [0.717, 1.165) is 29.3 Å². The molecule has 0 radical (unpaired) electrons. The van der Waals surface area contributed by atoms with Crippen molar-refractivity contribution in [3.8, 4) is 22.6 Å². The molecule has 0 aliphatic heterocycles. The number of nitro benzene ring substituents is 2. The molecule has 9 heteroatoms. The standard InChI is InChI=1S/C19H12N2O7/c22-16-8-5-13(6-9-16)12-1-3-14(4-2-12)19(23)28-18-10-7-15(20(24)25)11-17(18)21(26)27/h1-11,22H. The van der Waals surface area contributed by atoms with Crippen molar-refractivity contribution in [1.82, 2.24) is 0 Å². The normalized spacial score (nSPS) is 10.3. The first-order valence-electron chi connectivity index (χ1n) is 7.89. The van der Waals surface area contributed by atoms with E-state index in [2.05, 4.69) is 0 Å². The third-order valence-electron chi connectivity index (χ3n) is 3.87. The van der Waals surface area contributed by atoms with Crippen LogP contribution in [0.5, 0.6) is 11.5 Å². The number of ether oxygens (including phenoxy) is 1. The van der Waals surface area contributed by atoms with E-state index >= 15 is 0 Å². The van der Waals surface area contributed by atoms with E-state index in [4.69, 9.17) is 4.74 Å². The Morgan fingerprint density at radius 2 is 1.39 bits per heavy atom. The van der Waals surface area contributed by atoms with Crippen molar-refractivity contribution < 1.29 is 24.5 Å². The van der Waals surface area contributed by atoms with Gasteiger partial charge in [-0.3, -0.25) is 20.2 Å². The second-order valence-electron chi connectivity index (χ2n) is 5.68. The maximum absolute atomic E-state index is 12.3. The summed E-state index contributed by atoms with van der Waals surface area (Å²) in [5, 5.41) is 31.2. The van der Waals surface area contributed by atoms with Gasteiger partial charge in [-0.1, -0.05) is 24.3 Å². The molecule has 140 valence electrons. The van der Waals surface area contributed by atoms with E-state index in [1.165, 1.54) is 24.3 Å². The van der Waals surface area contributed by atoms with E-state index in [-0.39, 0.29) is 17.1 Å². The number of hydrogen-bond acceptors (Lipinski definition) is 7. The van der Waals surface area contributed by atoms with Gasteiger partial charge < -0.3 is 9.84 Å². The van der Waals surface area contributed by atoms with Crippen LogP contribution < -0.4 is 4.74 Å². The zero-order chi connectivity index (χ0) is 20.3. The average molecular weight is 380 g/mol. The van der Waals surface area contributed by atoms with Crippen LogP contribution in [0.1, 0.15) is 10.4 Å². The van der Waals surface area contributed by atoms with Gasteiger partial charge in [-0.05, 0) is 41.5 Å². The highest BCUT2D eigenvalue weighted by Gasteiger charge is 2.23. The van der Waals surface area contributed by atoms with Gasteiger partial charge in [0.25, 0.3) is 5.69 Å². The Balaban J connectivity index is 1.82. The summed E-state index contributed by atoms with van der Waals surface area (Å²) >= 11 is 0. The largest absolute Gasteiger partial charge is 0.508 e. The SMILES string of the molecule is O=C(Oc1ccc([N+](=O)[O-])cc1[N+](=O)[O-])c1ccc(-c2ccc(O)cc2)cc1. The Morgan fingerprint density at radius 3 is 1.93 bits per heavy atom. The van der Waals surface area contributed by atoms with Gasteiger partial charge in [-0.15, -0.1) is 0 Å². The van der Waals surface area contributed by atoms with E-state index in [0.29, 0.717) is 0 Å². The molecule has 0 fully saturated rings. The monoisotopic (exact) mass is 380 g/mol. The zero-order valence-electron chi connectivity index (χ0n) is 14.1. The molecule has 3 aromatic rings. The van der Waals surface area contributed by atoms with Gasteiger partial charge in [0.05, 0.1) is 21.5 Å². The number of benzene rings is 3. The minimum Gasteiger partial charge on any atom is -0.508 e. The molecule has 3 aromatic carbocycles. The van der Waals surface area contributed by atoms with Crippen molar-refractivity contribution in [2.45, 2.75) is 0 Å². The summed E-state index contributed by atoms with van der Waals surface area (Å²) in [6.45, 7) is 0. The molecule has 0 atom stereocenters. The number of aromatic hydroxyl groups is 1. The topological polar surface area (TPSA) is 133 Å². The lowest BCUT2D eigenvalue weighted by Crippen LogP contribution is -2.09. The summed E-state index contributed by atoms with van der Waals surface area (Å²) in [6.07, 6.45) is 0. The third-order valence-corrected chi connectivity index (χ3v) is 3.87. The summed E-state index contributed by atoms with van der Waals surface area (Å²) in [4.78, 5) is 32.5. The molecule has 9 nitrogen and oxygen atoms in total. The third kappa shape index (κ3) is 3.93. The average Bonchev–Trinajstić information content (AvgIpc) is 2.68. The maximum Gasteiger partial charge on any atom is 0.343 e. The number of hydrogen-bond donors (Lipinski definition) is 1. The van der Waals surface area contributed by atoms with Gasteiger partial charge in [0.1, 0.15) is 5.75 Å². The molecular weight excluding hydrogens is 368 g/mol. The van der Waals surface area contributed by atoms with Crippen molar-refractivity contribution in [1.29, 1.82) is 0 Å². The first-order chi connectivity index (χ1) is 13.3. The first-order valence-corrected chi connectivity index (χ1v) is 7.89. The second kappa shape index (κ2) is 7.54. The van der Waals surface area contributed by atoms with Gasteiger partial charge >= 0.3 is 11.7 Å². The van der Waals surface area contributed by atoms with Crippen LogP contribution in [-0.4, -0.2) is 20.9 Å². The van der Waals surface area contributed by atoms with Crippen LogP contribution in [0.4, 0.5) is 11.4 Å². The van der Waals surface area contributed by atoms with Crippen molar-refractivity contribution in [2.75, 3.05) is 0 Å². The van der Waals surface area contributed by atoms with Crippen LogP contribution in [0, 0.1) is 20.2 Å². The van der Waals surface area contributed by atoms with Crippen molar-refractivity contribution in [2.24, 2.45) is 0 Å². The van der Waals surface area contributed by atoms with Crippen LogP contribution in [0.3, 0.4) is 0 Å². The second-order valence-corrected chi connectivity index (χ2v) is 5.68. The molecule has 0 amide bonds. The predicted molar refractivity (Wildman–Crippen MR) is 98.3 cm³/mol. The number of nitro groups is 2. The fraction of sp³-hybridized carbons (Fsp3) is 0. The highest BCUT2D eigenvalue weighted by Crippen LogP contribution is 2.31. The maximum atomic E-state index is 12.3. The lowest BCUT2D eigenvalue weighted by atomic mass is 10.0. The van der Waals surface area contributed by atoms with E-state index in [1.54, 1.807) is 24.3 Å². The minimum absolute atomic E-state index is 0.133. The molecule has 1 N–H and O–H groups in total.